The molecule has 2 aromatic rings. The predicted octanol–water partition coefficient (Wildman–Crippen LogP) is 1.11. The number of primary amides is 1. The van der Waals surface area contributed by atoms with Gasteiger partial charge in [-0.1, -0.05) is 54.6 Å². The Kier molecular flexibility index (Phi) is 6.11. The van der Waals surface area contributed by atoms with Crippen LogP contribution in [0, 0.1) is 0 Å². The summed E-state index contributed by atoms with van der Waals surface area (Å²) in [5.41, 5.74) is 8.75. The molecule has 0 radical (unpaired) electrons. The van der Waals surface area contributed by atoms with E-state index in [-0.39, 0.29) is 30.0 Å². The first-order valence-electron chi connectivity index (χ1n) is 10.5. The lowest BCUT2D eigenvalue weighted by Gasteiger charge is -2.37. The lowest BCUT2D eigenvalue weighted by Crippen LogP contribution is -2.53. The molecule has 4 rings (SSSR count). The Morgan fingerprint density at radius 3 is 2.35 bits per heavy atom. The summed E-state index contributed by atoms with van der Waals surface area (Å²) in [6, 6.07) is 16.5. The van der Waals surface area contributed by atoms with Gasteiger partial charge in [-0.3, -0.25) is 14.5 Å². The summed E-state index contributed by atoms with van der Waals surface area (Å²) in [5.74, 6) is -0.567. The Hall–Kier alpha value is -2.71. The molecular formula is C23H27N3O4S. The summed E-state index contributed by atoms with van der Waals surface area (Å²) < 4.78 is 24.2. The van der Waals surface area contributed by atoms with Crippen molar-refractivity contribution in [3.05, 3.63) is 71.3 Å². The highest BCUT2D eigenvalue weighted by molar-refractivity contribution is 7.91. The highest BCUT2D eigenvalue weighted by Gasteiger charge is 2.37. The van der Waals surface area contributed by atoms with Crippen molar-refractivity contribution in [2.75, 3.05) is 18.1 Å². The Labute approximate surface area is 182 Å². The molecule has 2 atom stereocenters. The van der Waals surface area contributed by atoms with Crippen LogP contribution in [0.2, 0.25) is 0 Å². The number of benzene rings is 2. The van der Waals surface area contributed by atoms with Crippen LogP contribution < -0.4 is 5.73 Å². The Bertz CT molecular complexity index is 1070. The van der Waals surface area contributed by atoms with Gasteiger partial charge < -0.3 is 10.6 Å². The Morgan fingerprint density at radius 2 is 1.71 bits per heavy atom. The topological polar surface area (TPSA) is 101 Å². The van der Waals surface area contributed by atoms with Crippen molar-refractivity contribution in [3.63, 3.8) is 0 Å². The molecule has 2 amide bonds. The van der Waals surface area contributed by atoms with Crippen LogP contribution in [0.1, 0.15) is 23.1 Å². The zero-order valence-corrected chi connectivity index (χ0v) is 18.1. The van der Waals surface area contributed by atoms with Gasteiger partial charge in [-0.05, 0) is 29.5 Å². The van der Waals surface area contributed by atoms with Crippen LogP contribution in [0.15, 0.2) is 54.6 Å². The number of rotatable bonds is 6. The van der Waals surface area contributed by atoms with Crippen molar-refractivity contribution < 1.29 is 18.0 Å². The maximum Gasteiger partial charge on any atom is 0.237 e. The van der Waals surface area contributed by atoms with Crippen molar-refractivity contribution in [2.24, 2.45) is 5.73 Å². The number of sulfone groups is 1. The maximum atomic E-state index is 13.4. The van der Waals surface area contributed by atoms with E-state index in [9.17, 15) is 18.0 Å². The van der Waals surface area contributed by atoms with Gasteiger partial charge in [0.05, 0.1) is 24.1 Å². The molecule has 8 heteroatoms. The van der Waals surface area contributed by atoms with Crippen LogP contribution in [0.25, 0.3) is 0 Å². The molecule has 0 aromatic heterocycles. The molecular weight excluding hydrogens is 414 g/mol. The molecule has 164 valence electrons. The van der Waals surface area contributed by atoms with E-state index in [1.807, 2.05) is 59.5 Å². The smallest absolute Gasteiger partial charge is 0.237 e. The molecule has 2 aliphatic heterocycles. The average molecular weight is 442 g/mol. The number of nitrogens with two attached hydrogens (primary N) is 1. The molecule has 0 bridgehead atoms. The molecule has 2 aliphatic rings. The second-order valence-corrected chi connectivity index (χ2v) is 10.6. The van der Waals surface area contributed by atoms with Crippen molar-refractivity contribution in [2.45, 2.75) is 38.0 Å². The quantitative estimate of drug-likeness (QED) is 0.724. The molecule has 0 spiro atoms. The first kappa shape index (κ1) is 21.5. The van der Waals surface area contributed by atoms with Crippen LogP contribution in [0.5, 0.6) is 0 Å². The van der Waals surface area contributed by atoms with Crippen LogP contribution in [-0.4, -0.2) is 60.2 Å². The summed E-state index contributed by atoms with van der Waals surface area (Å²) in [6.45, 7) is 0.814. The third-order valence-corrected chi connectivity index (χ3v) is 7.93. The largest absolute Gasteiger partial charge is 0.368 e. The van der Waals surface area contributed by atoms with Gasteiger partial charge in [-0.2, -0.15) is 0 Å². The fourth-order valence-corrected chi connectivity index (χ4v) is 6.24. The number of fused-ring (bicyclic) bond motifs is 1. The fourth-order valence-electron chi connectivity index (χ4n) is 4.51. The summed E-state index contributed by atoms with van der Waals surface area (Å²) in [7, 11) is -3.15. The standard InChI is InChI=1S/C23H27N3O4S/c24-23(28)21-12-18-8-4-5-9-19(18)14-25(21)15-22(27)26(13-17-6-2-1-3-7-17)20-10-11-31(29,30)16-20/h1-9,20-21H,10-16H2,(H2,24,28)/t20-,21-/m0/s1. The van der Waals surface area contributed by atoms with E-state index >= 15 is 0 Å². The summed E-state index contributed by atoms with van der Waals surface area (Å²) >= 11 is 0. The van der Waals surface area contributed by atoms with E-state index in [4.69, 9.17) is 5.73 Å². The van der Waals surface area contributed by atoms with Gasteiger partial charge in [-0.25, -0.2) is 8.42 Å². The number of hydrogen-bond donors (Lipinski definition) is 1. The molecule has 2 heterocycles. The number of hydrogen-bond acceptors (Lipinski definition) is 5. The van der Waals surface area contributed by atoms with Crippen molar-refractivity contribution in [1.29, 1.82) is 0 Å². The maximum absolute atomic E-state index is 13.4. The zero-order chi connectivity index (χ0) is 22.0. The molecule has 0 saturated carbocycles. The minimum atomic E-state index is -3.15. The van der Waals surface area contributed by atoms with Gasteiger partial charge >= 0.3 is 0 Å². The molecule has 7 nitrogen and oxygen atoms in total. The van der Waals surface area contributed by atoms with E-state index in [0.717, 1.165) is 16.7 Å². The van der Waals surface area contributed by atoms with E-state index in [2.05, 4.69) is 0 Å². The first-order chi connectivity index (χ1) is 14.8. The second kappa shape index (κ2) is 8.80. The van der Waals surface area contributed by atoms with Gasteiger partial charge in [0.1, 0.15) is 0 Å². The van der Waals surface area contributed by atoms with Gasteiger partial charge in [0.2, 0.25) is 11.8 Å². The molecule has 2 N–H and O–H groups in total. The Morgan fingerprint density at radius 1 is 1.03 bits per heavy atom. The van der Waals surface area contributed by atoms with Crippen LogP contribution in [-0.2, 0) is 38.9 Å². The monoisotopic (exact) mass is 441 g/mol. The molecule has 31 heavy (non-hydrogen) atoms. The molecule has 0 unspecified atom stereocenters. The second-order valence-electron chi connectivity index (χ2n) is 8.36. The van der Waals surface area contributed by atoms with Gasteiger partial charge in [-0.15, -0.1) is 0 Å². The Balaban J connectivity index is 1.56. The fraction of sp³-hybridized carbons (Fsp3) is 0.391. The molecule has 2 aromatic carbocycles. The summed E-state index contributed by atoms with van der Waals surface area (Å²) in [5, 5.41) is 0. The van der Waals surface area contributed by atoms with Gasteiger partial charge in [0, 0.05) is 19.1 Å². The van der Waals surface area contributed by atoms with E-state index in [0.29, 0.717) is 25.9 Å². The summed E-state index contributed by atoms with van der Waals surface area (Å²) in [4.78, 5) is 29.0. The van der Waals surface area contributed by atoms with Crippen molar-refractivity contribution in [3.8, 4) is 0 Å². The van der Waals surface area contributed by atoms with Crippen LogP contribution in [0.3, 0.4) is 0 Å². The first-order valence-corrected chi connectivity index (χ1v) is 12.3. The lowest BCUT2D eigenvalue weighted by molar-refractivity contribution is -0.137. The third kappa shape index (κ3) is 4.97. The van der Waals surface area contributed by atoms with Crippen LogP contribution in [0.4, 0.5) is 0 Å². The molecule has 1 saturated heterocycles. The number of carbonyl (C=O) groups is 2. The van der Waals surface area contributed by atoms with Gasteiger partial charge in [0.15, 0.2) is 9.84 Å². The van der Waals surface area contributed by atoms with Crippen molar-refractivity contribution >= 4 is 21.7 Å². The van der Waals surface area contributed by atoms with E-state index < -0.39 is 21.8 Å². The third-order valence-electron chi connectivity index (χ3n) is 6.18. The average Bonchev–Trinajstić information content (AvgIpc) is 3.11. The van der Waals surface area contributed by atoms with Gasteiger partial charge in [0.25, 0.3) is 0 Å². The number of amides is 2. The lowest BCUT2D eigenvalue weighted by atomic mass is 9.93. The van der Waals surface area contributed by atoms with Crippen LogP contribution >= 0.6 is 0 Å². The highest BCUT2D eigenvalue weighted by Crippen LogP contribution is 2.25. The predicted molar refractivity (Wildman–Crippen MR) is 118 cm³/mol. The van der Waals surface area contributed by atoms with E-state index in [1.165, 1.54) is 0 Å². The number of carbonyl (C=O) groups excluding carboxylic acids is 2. The molecule has 0 aliphatic carbocycles. The van der Waals surface area contributed by atoms with Crippen molar-refractivity contribution in [1.82, 2.24) is 9.80 Å². The zero-order valence-electron chi connectivity index (χ0n) is 17.3. The minimum Gasteiger partial charge on any atom is -0.368 e. The molecule has 1 fully saturated rings. The summed E-state index contributed by atoms with van der Waals surface area (Å²) in [6.07, 6.45) is 0.901. The SMILES string of the molecule is NC(=O)[C@@H]1Cc2ccccc2CN1CC(=O)N(Cc1ccccc1)[C@H]1CCS(=O)(=O)C1. The highest BCUT2D eigenvalue weighted by atomic mass is 32.2. The number of nitrogens with zero attached hydrogens (tertiary/aromatic N) is 2. The minimum absolute atomic E-state index is 0.0192. The van der Waals surface area contributed by atoms with E-state index in [1.54, 1.807) is 4.90 Å². The normalized spacial score (nSPS) is 22.6.